The van der Waals surface area contributed by atoms with Crippen molar-refractivity contribution in [2.24, 2.45) is 0 Å². The molecule has 1 saturated heterocycles. The van der Waals surface area contributed by atoms with Gasteiger partial charge < -0.3 is 10.1 Å². The molecule has 1 aromatic rings. The van der Waals surface area contributed by atoms with E-state index >= 15 is 0 Å². The number of hydrogen-bond acceptors (Lipinski definition) is 2. The molecule has 1 N–H and O–H groups in total. The molecule has 1 unspecified atom stereocenters. The highest BCUT2D eigenvalue weighted by Crippen LogP contribution is 2.17. The van der Waals surface area contributed by atoms with Crippen molar-refractivity contribution in [3.63, 3.8) is 0 Å². The summed E-state index contributed by atoms with van der Waals surface area (Å²) in [6, 6.07) is 5.04. The average Bonchev–Trinajstić information content (AvgIpc) is 2.69. The zero-order chi connectivity index (χ0) is 10.7. The summed E-state index contributed by atoms with van der Waals surface area (Å²) in [6.45, 7) is 2.22. The molecule has 1 heterocycles. The Hall–Kier alpha value is -0.450. The van der Waals surface area contributed by atoms with Gasteiger partial charge in [0.15, 0.2) is 0 Å². The smallest absolute Gasteiger partial charge is 0.129 e. The van der Waals surface area contributed by atoms with Gasteiger partial charge in [-0.05, 0) is 25.1 Å². The van der Waals surface area contributed by atoms with Crippen molar-refractivity contribution in [2.75, 3.05) is 13.1 Å². The Morgan fingerprint density at radius 3 is 3.07 bits per heavy atom. The van der Waals surface area contributed by atoms with Crippen molar-refractivity contribution in [3.05, 3.63) is 34.1 Å². The van der Waals surface area contributed by atoms with Gasteiger partial charge in [-0.15, -0.1) is 0 Å². The molecule has 2 rings (SSSR count). The number of nitrogens with one attached hydrogen (secondary N) is 1. The molecule has 0 spiro atoms. The molecule has 1 aliphatic rings. The van der Waals surface area contributed by atoms with Gasteiger partial charge in [-0.3, -0.25) is 0 Å². The standard InChI is InChI=1S/C11H13BrFNO/c12-9-2-1-8(11(13)5-9)7-15-10-3-4-14-6-10/h1-2,5,10,14H,3-4,6-7H2. The van der Waals surface area contributed by atoms with E-state index < -0.39 is 0 Å². The quantitative estimate of drug-likeness (QED) is 0.914. The number of hydrogen-bond donors (Lipinski definition) is 1. The van der Waals surface area contributed by atoms with Gasteiger partial charge in [-0.1, -0.05) is 22.0 Å². The van der Waals surface area contributed by atoms with Crippen molar-refractivity contribution >= 4 is 15.9 Å². The van der Waals surface area contributed by atoms with Gasteiger partial charge in [0.1, 0.15) is 5.82 Å². The Labute approximate surface area is 96.9 Å². The van der Waals surface area contributed by atoms with Crippen molar-refractivity contribution in [1.82, 2.24) is 5.32 Å². The maximum atomic E-state index is 13.4. The first-order valence-electron chi connectivity index (χ1n) is 5.02. The Balaban J connectivity index is 1.92. The molecule has 0 amide bonds. The van der Waals surface area contributed by atoms with Crippen LogP contribution in [0.3, 0.4) is 0 Å². The Morgan fingerprint density at radius 1 is 1.53 bits per heavy atom. The van der Waals surface area contributed by atoms with Gasteiger partial charge in [0.25, 0.3) is 0 Å². The van der Waals surface area contributed by atoms with Crippen LogP contribution in [0.2, 0.25) is 0 Å². The summed E-state index contributed by atoms with van der Waals surface area (Å²) in [7, 11) is 0. The molecule has 0 aliphatic carbocycles. The highest BCUT2D eigenvalue weighted by Gasteiger charge is 2.15. The summed E-state index contributed by atoms with van der Waals surface area (Å²) >= 11 is 3.22. The second-order valence-corrected chi connectivity index (χ2v) is 4.58. The molecule has 1 fully saturated rings. The van der Waals surface area contributed by atoms with Gasteiger partial charge in [0.05, 0.1) is 12.7 Å². The van der Waals surface area contributed by atoms with Crippen molar-refractivity contribution in [2.45, 2.75) is 19.1 Å². The topological polar surface area (TPSA) is 21.3 Å². The minimum atomic E-state index is -0.213. The van der Waals surface area contributed by atoms with E-state index in [4.69, 9.17) is 4.74 Å². The zero-order valence-corrected chi connectivity index (χ0v) is 9.89. The normalized spacial score (nSPS) is 20.8. The molecule has 1 aliphatic heterocycles. The van der Waals surface area contributed by atoms with E-state index in [2.05, 4.69) is 21.2 Å². The monoisotopic (exact) mass is 273 g/mol. The van der Waals surface area contributed by atoms with Crippen LogP contribution in [0.1, 0.15) is 12.0 Å². The predicted octanol–water partition coefficient (Wildman–Crippen LogP) is 2.47. The van der Waals surface area contributed by atoms with E-state index in [0.29, 0.717) is 12.2 Å². The maximum Gasteiger partial charge on any atom is 0.129 e. The largest absolute Gasteiger partial charge is 0.372 e. The fourth-order valence-electron chi connectivity index (χ4n) is 1.62. The Morgan fingerprint density at radius 2 is 2.40 bits per heavy atom. The van der Waals surface area contributed by atoms with Crippen LogP contribution < -0.4 is 5.32 Å². The molecule has 1 aromatic carbocycles. The minimum Gasteiger partial charge on any atom is -0.372 e. The fraction of sp³-hybridized carbons (Fsp3) is 0.455. The SMILES string of the molecule is Fc1cc(Br)ccc1COC1CCNC1. The van der Waals surface area contributed by atoms with Crippen LogP contribution in [-0.4, -0.2) is 19.2 Å². The summed E-state index contributed by atoms with van der Waals surface area (Å²) in [6.07, 6.45) is 1.24. The molecule has 0 radical (unpaired) electrons. The molecule has 4 heteroatoms. The first kappa shape index (κ1) is 11.0. The first-order chi connectivity index (χ1) is 7.25. The lowest BCUT2D eigenvalue weighted by molar-refractivity contribution is 0.0525. The fourth-order valence-corrected chi connectivity index (χ4v) is 1.95. The molecule has 1 atom stereocenters. The van der Waals surface area contributed by atoms with Gasteiger partial charge in [-0.25, -0.2) is 4.39 Å². The number of benzene rings is 1. The molecule has 82 valence electrons. The summed E-state index contributed by atoms with van der Waals surface area (Å²) in [4.78, 5) is 0. The van der Waals surface area contributed by atoms with E-state index in [0.717, 1.165) is 24.0 Å². The van der Waals surface area contributed by atoms with Crippen molar-refractivity contribution < 1.29 is 9.13 Å². The second-order valence-electron chi connectivity index (χ2n) is 3.66. The number of rotatable bonds is 3. The van der Waals surface area contributed by atoms with Gasteiger partial charge in [0, 0.05) is 16.6 Å². The van der Waals surface area contributed by atoms with Crippen molar-refractivity contribution in [3.8, 4) is 0 Å². The number of ether oxygens (including phenoxy) is 1. The summed E-state index contributed by atoms with van der Waals surface area (Å²) in [5, 5.41) is 3.21. The Kier molecular flexibility index (Phi) is 3.72. The average molecular weight is 274 g/mol. The van der Waals surface area contributed by atoms with Gasteiger partial charge in [0.2, 0.25) is 0 Å². The van der Waals surface area contributed by atoms with Crippen LogP contribution in [0, 0.1) is 5.82 Å². The summed E-state index contributed by atoms with van der Waals surface area (Å²) < 4.78 is 19.7. The van der Waals surface area contributed by atoms with Crippen molar-refractivity contribution in [1.29, 1.82) is 0 Å². The van der Waals surface area contributed by atoms with E-state index in [1.165, 1.54) is 6.07 Å². The van der Waals surface area contributed by atoms with Crippen LogP contribution in [0.5, 0.6) is 0 Å². The number of halogens is 2. The van der Waals surface area contributed by atoms with Crippen LogP contribution in [-0.2, 0) is 11.3 Å². The third-order valence-corrected chi connectivity index (χ3v) is 3.00. The minimum absolute atomic E-state index is 0.213. The predicted molar refractivity (Wildman–Crippen MR) is 60.2 cm³/mol. The molecule has 2 nitrogen and oxygen atoms in total. The summed E-state index contributed by atoms with van der Waals surface area (Å²) in [5.74, 6) is -0.213. The van der Waals surface area contributed by atoms with Crippen LogP contribution >= 0.6 is 15.9 Å². The second kappa shape index (κ2) is 5.05. The van der Waals surface area contributed by atoms with E-state index in [1.54, 1.807) is 6.07 Å². The lowest BCUT2D eigenvalue weighted by Gasteiger charge is -2.10. The van der Waals surface area contributed by atoms with Gasteiger partial charge in [-0.2, -0.15) is 0 Å². The zero-order valence-electron chi connectivity index (χ0n) is 8.30. The first-order valence-corrected chi connectivity index (χ1v) is 5.81. The van der Waals surface area contributed by atoms with Crippen LogP contribution in [0.4, 0.5) is 4.39 Å². The van der Waals surface area contributed by atoms with Crippen LogP contribution in [0.25, 0.3) is 0 Å². The lowest BCUT2D eigenvalue weighted by Crippen LogP contribution is -2.16. The third kappa shape index (κ3) is 3.00. The maximum absolute atomic E-state index is 13.4. The van der Waals surface area contributed by atoms with E-state index in [-0.39, 0.29) is 11.9 Å². The Bertz CT molecular complexity index is 339. The molecule has 0 saturated carbocycles. The summed E-state index contributed by atoms with van der Waals surface area (Å²) in [5.41, 5.74) is 0.616. The molecular weight excluding hydrogens is 261 g/mol. The third-order valence-electron chi connectivity index (χ3n) is 2.50. The van der Waals surface area contributed by atoms with Crippen LogP contribution in [0.15, 0.2) is 22.7 Å². The highest BCUT2D eigenvalue weighted by molar-refractivity contribution is 9.10. The molecule has 15 heavy (non-hydrogen) atoms. The molecular formula is C11H13BrFNO. The molecule has 0 aromatic heterocycles. The molecule has 0 bridgehead atoms. The highest BCUT2D eigenvalue weighted by atomic mass is 79.9. The lowest BCUT2D eigenvalue weighted by atomic mass is 10.2. The van der Waals surface area contributed by atoms with E-state index in [9.17, 15) is 4.39 Å². The van der Waals surface area contributed by atoms with E-state index in [1.807, 2.05) is 6.07 Å². The van der Waals surface area contributed by atoms with Gasteiger partial charge >= 0.3 is 0 Å².